The second kappa shape index (κ2) is 6.51. The Morgan fingerprint density at radius 2 is 2.21 bits per heavy atom. The first-order chi connectivity index (χ1) is 9.26. The molecule has 2 aromatic heterocycles. The predicted octanol–water partition coefficient (Wildman–Crippen LogP) is 1.31. The number of nitrogens with one attached hydrogen (secondary N) is 1. The highest BCUT2D eigenvalue weighted by Gasteiger charge is 2.21. The number of hydrogen-bond acceptors (Lipinski definition) is 5. The van der Waals surface area contributed by atoms with E-state index in [4.69, 9.17) is 13.9 Å². The van der Waals surface area contributed by atoms with Crippen molar-refractivity contribution >= 4 is 0 Å². The van der Waals surface area contributed by atoms with E-state index in [1.807, 2.05) is 29.9 Å². The first-order valence-electron chi connectivity index (χ1n) is 6.06. The summed E-state index contributed by atoms with van der Waals surface area (Å²) in [5.41, 5.74) is 0. The van der Waals surface area contributed by atoms with Crippen LogP contribution >= 0.6 is 0 Å². The number of rotatable bonds is 7. The Kier molecular flexibility index (Phi) is 4.73. The van der Waals surface area contributed by atoms with E-state index in [-0.39, 0.29) is 12.3 Å². The van der Waals surface area contributed by atoms with Crippen LogP contribution in [-0.2, 0) is 16.5 Å². The van der Waals surface area contributed by atoms with Crippen molar-refractivity contribution in [2.75, 3.05) is 20.8 Å². The third kappa shape index (κ3) is 3.23. The molecule has 2 aromatic rings. The molecule has 0 radical (unpaired) electrons. The zero-order valence-electron chi connectivity index (χ0n) is 11.4. The fourth-order valence-electron chi connectivity index (χ4n) is 1.91. The number of ether oxygens (including phenoxy) is 2. The molecule has 0 amide bonds. The molecule has 6 nitrogen and oxygen atoms in total. The van der Waals surface area contributed by atoms with E-state index in [0.29, 0.717) is 6.54 Å². The average Bonchev–Trinajstić information content (AvgIpc) is 3.07. The van der Waals surface area contributed by atoms with Gasteiger partial charge in [-0.2, -0.15) is 0 Å². The summed E-state index contributed by atoms with van der Waals surface area (Å²) >= 11 is 0. The maximum absolute atomic E-state index is 5.48. The molecule has 0 aliphatic heterocycles. The van der Waals surface area contributed by atoms with Crippen molar-refractivity contribution in [1.82, 2.24) is 14.9 Å². The van der Waals surface area contributed by atoms with Gasteiger partial charge in [-0.25, -0.2) is 4.98 Å². The fourth-order valence-corrected chi connectivity index (χ4v) is 1.91. The molecular formula is C13H19N3O3. The normalized spacial score (nSPS) is 13.1. The monoisotopic (exact) mass is 265 g/mol. The second-order valence-electron chi connectivity index (χ2n) is 4.15. The summed E-state index contributed by atoms with van der Waals surface area (Å²) in [6.45, 7) is 0.533. The lowest BCUT2D eigenvalue weighted by atomic mass is 10.2. The minimum Gasteiger partial charge on any atom is -0.467 e. The summed E-state index contributed by atoms with van der Waals surface area (Å²) in [7, 11) is 5.17. The Morgan fingerprint density at radius 1 is 1.42 bits per heavy atom. The maximum atomic E-state index is 5.48. The van der Waals surface area contributed by atoms with Crippen molar-refractivity contribution in [2.45, 2.75) is 12.3 Å². The van der Waals surface area contributed by atoms with Gasteiger partial charge in [0.25, 0.3) is 0 Å². The molecule has 6 heteroatoms. The van der Waals surface area contributed by atoms with Gasteiger partial charge in [0.05, 0.1) is 6.26 Å². The van der Waals surface area contributed by atoms with E-state index < -0.39 is 0 Å². The molecule has 0 saturated carbocycles. The Morgan fingerprint density at radius 3 is 2.74 bits per heavy atom. The van der Waals surface area contributed by atoms with E-state index in [0.717, 1.165) is 11.6 Å². The molecule has 19 heavy (non-hydrogen) atoms. The highest BCUT2D eigenvalue weighted by Crippen LogP contribution is 2.20. The van der Waals surface area contributed by atoms with Gasteiger partial charge >= 0.3 is 0 Å². The lowest BCUT2D eigenvalue weighted by Crippen LogP contribution is -2.34. The Balaban J connectivity index is 2.14. The van der Waals surface area contributed by atoms with E-state index in [1.54, 1.807) is 26.7 Å². The summed E-state index contributed by atoms with van der Waals surface area (Å²) in [5, 5.41) is 3.34. The number of aryl methyl sites for hydroxylation is 1. The molecule has 0 spiro atoms. The van der Waals surface area contributed by atoms with Crippen molar-refractivity contribution in [1.29, 1.82) is 0 Å². The molecular weight excluding hydrogens is 246 g/mol. The van der Waals surface area contributed by atoms with Crippen LogP contribution in [0.3, 0.4) is 0 Å². The smallest absolute Gasteiger partial charge is 0.169 e. The molecule has 0 fully saturated rings. The van der Waals surface area contributed by atoms with Gasteiger partial charge in [-0.15, -0.1) is 0 Å². The van der Waals surface area contributed by atoms with Gasteiger partial charge in [0.2, 0.25) is 0 Å². The molecule has 1 atom stereocenters. The molecule has 2 rings (SSSR count). The van der Waals surface area contributed by atoms with E-state index in [9.17, 15) is 0 Å². The summed E-state index contributed by atoms with van der Waals surface area (Å²) in [5.74, 6) is 1.68. The minimum atomic E-state index is -0.308. The van der Waals surface area contributed by atoms with Crippen LogP contribution in [0.15, 0.2) is 35.2 Å². The van der Waals surface area contributed by atoms with Gasteiger partial charge < -0.3 is 18.5 Å². The van der Waals surface area contributed by atoms with Crippen LogP contribution in [0.4, 0.5) is 0 Å². The molecule has 1 N–H and O–H groups in total. The van der Waals surface area contributed by atoms with Crippen molar-refractivity contribution in [3.63, 3.8) is 0 Å². The molecule has 0 aromatic carbocycles. The van der Waals surface area contributed by atoms with E-state index >= 15 is 0 Å². The summed E-state index contributed by atoms with van der Waals surface area (Å²) < 4.78 is 17.8. The van der Waals surface area contributed by atoms with Gasteiger partial charge in [0.15, 0.2) is 6.29 Å². The molecule has 0 aliphatic rings. The first-order valence-corrected chi connectivity index (χ1v) is 6.06. The number of imidazole rings is 1. The van der Waals surface area contributed by atoms with Crippen LogP contribution in [0.5, 0.6) is 0 Å². The molecule has 0 aliphatic carbocycles. The number of aromatic nitrogens is 2. The highest BCUT2D eigenvalue weighted by atomic mass is 16.7. The van der Waals surface area contributed by atoms with Crippen molar-refractivity contribution < 1.29 is 13.9 Å². The van der Waals surface area contributed by atoms with Crippen LogP contribution in [0.2, 0.25) is 0 Å². The largest absolute Gasteiger partial charge is 0.467 e. The van der Waals surface area contributed by atoms with Crippen LogP contribution in [0.25, 0.3) is 0 Å². The van der Waals surface area contributed by atoms with Crippen LogP contribution in [0, 0.1) is 0 Å². The first kappa shape index (κ1) is 13.8. The standard InChI is InChI=1S/C13H19N3O3/c1-16-7-6-14-13(16)12(10-5-4-8-19-10)15-9-11(17-2)18-3/h4-8,11-12,15H,9H2,1-3H3. The number of nitrogens with zero attached hydrogens (tertiary/aromatic N) is 2. The maximum Gasteiger partial charge on any atom is 0.169 e. The molecule has 0 bridgehead atoms. The lowest BCUT2D eigenvalue weighted by molar-refractivity contribution is -0.0997. The van der Waals surface area contributed by atoms with Crippen LogP contribution < -0.4 is 5.32 Å². The highest BCUT2D eigenvalue weighted by molar-refractivity contribution is 5.15. The SMILES string of the molecule is COC(CNC(c1ccco1)c1nccn1C)OC. The zero-order chi connectivity index (χ0) is 13.7. The molecule has 0 saturated heterocycles. The summed E-state index contributed by atoms with van der Waals surface area (Å²) in [4.78, 5) is 4.36. The third-order valence-corrected chi connectivity index (χ3v) is 2.96. The van der Waals surface area contributed by atoms with Crippen molar-refractivity contribution in [2.24, 2.45) is 7.05 Å². The molecule has 1 unspecified atom stereocenters. The van der Waals surface area contributed by atoms with Gasteiger partial charge in [0.1, 0.15) is 17.6 Å². The van der Waals surface area contributed by atoms with Gasteiger partial charge in [0, 0.05) is 40.2 Å². The summed E-state index contributed by atoms with van der Waals surface area (Å²) in [6.07, 6.45) is 5.00. The predicted molar refractivity (Wildman–Crippen MR) is 69.6 cm³/mol. The van der Waals surface area contributed by atoms with Gasteiger partial charge in [-0.1, -0.05) is 0 Å². The number of furan rings is 1. The minimum absolute atomic E-state index is 0.136. The zero-order valence-corrected chi connectivity index (χ0v) is 11.4. The second-order valence-corrected chi connectivity index (χ2v) is 4.15. The average molecular weight is 265 g/mol. The Bertz CT molecular complexity index is 477. The molecule has 2 heterocycles. The lowest BCUT2D eigenvalue weighted by Gasteiger charge is -2.20. The van der Waals surface area contributed by atoms with Crippen molar-refractivity contribution in [3.8, 4) is 0 Å². The topological polar surface area (TPSA) is 61.5 Å². The Labute approximate surface area is 112 Å². The van der Waals surface area contributed by atoms with Crippen LogP contribution in [0.1, 0.15) is 17.6 Å². The fraction of sp³-hybridized carbons (Fsp3) is 0.462. The third-order valence-electron chi connectivity index (χ3n) is 2.96. The number of methoxy groups -OCH3 is 2. The Hall–Kier alpha value is -1.63. The quantitative estimate of drug-likeness (QED) is 0.765. The van der Waals surface area contributed by atoms with Gasteiger partial charge in [-0.05, 0) is 12.1 Å². The van der Waals surface area contributed by atoms with Crippen LogP contribution in [-0.4, -0.2) is 36.6 Å². The number of hydrogen-bond donors (Lipinski definition) is 1. The molecule has 104 valence electrons. The van der Waals surface area contributed by atoms with Gasteiger partial charge in [-0.3, -0.25) is 5.32 Å². The van der Waals surface area contributed by atoms with E-state index in [2.05, 4.69) is 10.3 Å². The van der Waals surface area contributed by atoms with Crippen molar-refractivity contribution in [3.05, 3.63) is 42.4 Å². The summed E-state index contributed by atoms with van der Waals surface area (Å²) in [6, 6.07) is 3.64. The van der Waals surface area contributed by atoms with E-state index in [1.165, 1.54) is 0 Å².